The first-order valence-electron chi connectivity index (χ1n) is 5.44. The molecule has 0 aliphatic heterocycles. The number of hydrogen-bond donors (Lipinski definition) is 2. The molecule has 0 amide bonds. The molecule has 1 saturated carbocycles. The second kappa shape index (κ2) is 4.47. The van der Waals surface area contributed by atoms with Gasteiger partial charge < -0.3 is 11.1 Å². The summed E-state index contributed by atoms with van der Waals surface area (Å²) < 4.78 is 0. The van der Waals surface area contributed by atoms with Crippen molar-refractivity contribution in [2.24, 2.45) is 5.73 Å². The monoisotopic (exact) mass is 190 g/mol. The van der Waals surface area contributed by atoms with Crippen molar-refractivity contribution in [2.75, 3.05) is 5.32 Å². The highest BCUT2D eigenvalue weighted by Crippen LogP contribution is 2.22. The minimum atomic E-state index is 0.629. The van der Waals surface area contributed by atoms with Crippen molar-refractivity contribution < 1.29 is 0 Å². The topological polar surface area (TPSA) is 38.0 Å². The van der Waals surface area contributed by atoms with E-state index in [1.54, 1.807) is 0 Å². The van der Waals surface area contributed by atoms with E-state index in [1.165, 1.54) is 36.9 Å². The Kier molecular flexibility index (Phi) is 3.04. The summed E-state index contributed by atoms with van der Waals surface area (Å²) in [6.45, 7) is 0.629. The van der Waals surface area contributed by atoms with E-state index in [9.17, 15) is 0 Å². The molecule has 76 valence electrons. The van der Waals surface area contributed by atoms with Gasteiger partial charge in [0.2, 0.25) is 0 Å². The van der Waals surface area contributed by atoms with Crippen LogP contribution < -0.4 is 11.1 Å². The van der Waals surface area contributed by atoms with Gasteiger partial charge >= 0.3 is 0 Å². The molecule has 14 heavy (non-hydrogen) atoms. The van der Waals surface area contributed by atoms with Crippen LogP contribution in [-0.4, -0.2) is 6.04 Å². The third kappa shape index (κ3) is 2.26. The van der Waals surface area contributed by atoms with Gasteiger partial charge in [0.15, 0.2) is 0 Å². The minimum absolute atomic E-state index is 0.629. The van der Waals surface area contributed by atoms with Gasteiger partial charge in [-0.05, 0) is 30.5 Å². The van der Waals surface area contributed by atoms with Gasteiger partial charge in [0.05, 0.1) is 0 Å². The van der Waals surface area contributed by atoms with Crippen molar-refractivity contribution in [3.63, 3.8) is 0 Å². The minimum Gasteiger partial charge on any atom is -0.382 e. The summed E-state index contributed by atoms with van der Waals surface area (Å²) in [5.41, 5.74) is 7.97. The molecule has 0 aromatic heterocycles. The second-order valence-corrected chi connectivity index (χ2v) is 4.03. The molecule has 2 nitrogen and oxygen atoms in total. The van der Waals surface area contributed by atoms with Crippen LogP contribution >= 0.6 is 0 Å². The summed E-state index contributed by atoms with van der Waals surface area (Å²) in [5.74, 6) is 0. The molecule has 1 aliphatic rings. The highest BCUT2D eigenvalue weighted by Gasteiger charge is 2.13. The molecule has 0 bridgehead atoms. The maximum Gasteiger partial charge on any atom is 0.0342 e. The van der Waals surface area contributed by atoms with E-state index in [0.717, 1.165) is 0 Å². The fourth-order valence-electron chi connectivity index (χ4n) is 2.04. The Morgan fingerprint density at radius 1 is 1.14 bits per heavy atom. The number of anilines is 1. The quantitative estimate of drug-likeness (QED) is 0.768. The van der Waals surface area contributed by atoms with Crippen LogP contribution in [0.3, 0.4) is 0 Å². The van der Waals surface area contributed by atoms with E-state index in [4.69, 9.17) is 5.73 Å². The van der Waals surface area contributed by atoms with Crippen molar-refractivity contribution in [1.82, 2.24) is 0 Å². The maximum absolute atomic E-state index is 5.54. The highest BCUT2D eigenvalue weighted by atomic mass is 14.9. The molecule has 0 heterocycles. The molecule has 0 saturated heterocycles. The summed E-state index contributed by atoms with van der Waals surface area (Å²) in [5, 5.41) is 3.55. The summed E-state index contributed by atoms with van der Waals surface area (Å²) in [6, 6.07) is 9.13. The number of hydrogen-bond acceptors (Lipinski definition) is 2. The van der Waals surface area contributed by atoms with Gasteiger partial charge in [-0.1, -0.05) is 25.0 Å². The first-order chi connectivity index (χ1) is 6.88. The molecule has 2 rings (SSSR count). The standard InChI is InChI=1S/C12H18N2/c13-9-10-5-7-12(8-6-10)14-11-3-1-2-4-11/h5-8,11,14H,1-4,9,13H2. The third-order valence-electron chi connectivity index (χ3n) is 2.92. The van der Waals surface area contributed by atoms with E-state index in [-0.39, 0.29) is 0 Å². The Labute approximate surface area is 85.5 Å². The van der Waals surface area contributed by atoms with E-state index in [2.05, 4.69) is 29.6 Å². The van der Waals surface area contributed by atoms with Crippen LogP contribution in [0.2, 0.25) is 0 Å². The summed E-state index contributed by atoms with van der Waals surface area (Å²) in [7, 11) is 0. The third-order valence-corrected chi connectivity index (χ3v) is 2.92. The lowest BCUT2D eigenvalue weighted by Gasteiger charge is -2.13. The Hall–Kier alpha value is -1.02. The van der Waals surface area contributed by atoms with Crippen LogP contribution in [0.5, 0.6) is 0 Å². The van der Waals surface area contributed by atoms with Gasteiger partial charge in [0.25, 0.3) is 0 Å². The predicted octanol–water partition coefficient (Wildman–Crippen LogP) is 2.50. The SMILES string of the molecule is NCc1ccc(NC2CCCC2)cc1. The van der Waals surface area contributed by atoms with Gasteiger partial charge in [0.1, 0.15) is 0 Å². The van der Waals surface area contributed by atoms with E-state index in [1.807, 2.05) is 0 Å². The van der Waals surface area contributed by atoms with Crippen LogP contribution in [0.1, 0.15) is 31.2 Å². The number of rotatable bonds is 3. The maximum atomic E-state index is 5.54. The summed E-state index contributed by atoms with van der Waals surface area (Å²) >= 11 is 0. The molecule has 1 aliphatic carbocycles. The first kappa shape index (κ1) is 9.53. The van der Waals surface area contributed by atoms with Crippen LogP contribution in [0, 0.1) is 0 Å². The Morgan fingerprint density at radius 3 is 2.36 bits per heavy atom. The molecular weight excluding hydrogens is 172 g/mol. The molecule has 0 atom stereocenters. The first-order valence-corrected chi connectivity index (χ1v) is 5.44. The van der Waals surface area contributed by atoms with Crippen LogP contribution in [-0.2, 0) is 6.54 Å². The fourth-order valence-corrected chi connectivity index (χ4v) is 2.04. The molecule has 1 aromatic carbocycles. The average molecular weight is 190 g/mol. The zero-order chi connectivity index (χ0) is 9.80. The molecule has 0 unspecified atom stereocenters. The van der Waals surface area contributed by atoms with Gasteiger partial charge in [-0.25, -0.2) is 0 Å². The molecule has 2 heteroatoms. The predicted molar refractivity (Wildman–Crippen MR) is 60.2 cm³/mol. The van der Waals surface area contributed by atoms with Crippen LogP contribution in [0.15, 0.2) is 24.3 Å². The summed E-state index contributed by atoms with van der Waals surface area (Å²) in [4.78, 5) is 0. The smallest absolute Gasteiger partial charge is 0.0342 e. The lowest BCUT2D eigenvalue weighted by atomic mass is 10.2. The molecule has 0 spiro atoms. The zero-order valence-electron chi connectivity index (χ0n) is 8.50. The second-order valence-electron chi connectivity index (χ2n) is 4.03. The number of nitrogens with one attached hydrogen (secondary N) is 1. The van der Waals surface area contributed by atoms with Crippen LogP contribution in [0.25, 0.3) is 0 Å². The Balaban J connectivity index is 1.95. The largest absolute Gasteiger partial charge is 0.382 e. The molecule has 0 radical (unpaired) electrons. The zero-order valence-corrected chi connectivity index (χ0v) is 8.50. The normalized spacial score (nSPS) is 17.2. The van der Waals surface area contributed by atoms with Gasteiger partial charge in [0, 0.05) is 18.3 Å². The van der Waals surface area contributed by atoms with Crippen molar-refractivity contribution >= 4 is 5.69 Å². The molecular formula is C12H18N2. The van der Waals surface area contributed by atoms with Crippen molar-refractivity contribution in [1.29, 1.82) is 0 Å². The summed E-state index contributed by atoms with van der Waals surface area (Å²) in [6.07, 6.45) is 5.38. The molecule has 1 aromatic rings. The van der Waals surface area contributed by atoms with Crippen molar-refractivity contribution in [3.8, 4) is 0 Å². The molecule has 3 N–H and O–H groups in total. The highest BCUT2D eigenvalue weighted by molar-refractivity contribution is 5.45. The Morgan fingerprint density at radius 2 is 1.79 bits per heavy atom. The lowest BCUT2D eigenvalue weighted by Crippen LogP contribution is -2.14. The van der Waals surface area contributed by atoms with E-state index < -0.39 is 0 Å². The number of benzene rings is 1. The molecule has 1 fully saturated rings. The van der Waals surface area contributed by atoms with Crippen molar-refractivity contribution in [2.45, 2.75) is 38.3 Å². The Bertz CT molecular complexity index is 273. The van der Waals surface area contributed by atoms with Gasteiger partial charge in [-0.3, -0.25) is 0 Å². The average Bonchev–Trinajstić information content (AvgIpc) is 2.72. The fraction of sp³-hybridized carbons (Fsp3) is 0.500. The van der Waals surface area contributed by atoms with E-state index in [0.29, 0.717) is 12.6 Å². The van der Waals surface area contributed by atoms with Gasteiger partial charge in [-0.15, -0.1) is 0 Å². The van der Waals surface area contributed by atoms with Gasteiger partial charge in [-0.2, -0.15) is 0 Å². The lowest BCUT2D eigenvalue weighted by molar-refractivity contribution is 0.755. The number of nitrogens with two attached hydrogens (primary N) is 1. The van der Waals surface area contributed by atoms with Crippen molar-refractivity contribution in [3.05, 3.63) is 29.8 Å². The van der Waals surface area contributed by atoms with Crippen LogP contribution in [0.4, 0.5) is 5.69 Å². The van der Waals surface area contributed by atoms with E-state index >= 15 is 0 Å².